The van der Waals surface area contributed by atoms with E-state index in [1.165, 1.54) is 18.2 Å². The number of halogens is 3. The Kier molecular flexibility index (Phi) is 7.34. The molecule has 1 fully saturated rings. The van der Waals surface area contributed by atoms with Crippen molar-refractivity contribution in [2.75, 3.05) is 6.61 Å². The van der Waals surface area contributed by atoms with Gasteiger partial charge in [-0.25, -0.2) is 28.5 Å². The van der Waals surface area contributed by atoms with Crippen LogP contribution in [0.3, 0.4) is 0 Å². The lowest BCUT2D eigenvalue weighted by Crippen LogP contribution is -2.32. The van der Waals surface area contributed by atoms with Gasteiger partial charge in [0.25, 0.3) is 0 Å². The number of fused-ring (bicyclic) bond motifs is 1. The van der Waals surface area contributed by atoms with E-state index in [1.54, 1.807) is 48.5 Å². The number of imidazole rings is 1. The van der Waals surface area contributed by atoms with Crippen molar-refractivity contribution >= 4 is 28.7 Å². The lowest BCUT2D eigenvalue weighted by Gasteiger charge is -2.27. The van der Waals surface area contributed by atoms with Gasteiger partial charge in [-0.1, -0.05) is 35.9 Å². The molecule has 0 bridgehead atoms. The summed E-state index contributed by atoms with van der Waals surface area (Å²) < 4.78 is 42.5. The third-order valence-corrected chi connectivity index (χ3v) is 7.12. The molecular weight excluding hydrogens is 554 g/mol. The van der Waals surface area contributed by atoms with Gasteiger partial charge >= 0.3 is 5.97 Å². The molecule has 2 aromatic carbocycles. The van der Waals surface area contributed by atoms with Crippen molar-refractivity contribution in [1.82, 2.24) is 19.5 Å². The zero-order valence-corrected chi connectivity index (χ0v) is 22.3. The van der Waals surface area contributed by atoms with E-state index in [0.29, 0.717) is 57.5 Å². The molecule has 1 aliphatic rings. The first kappa shape index (κ1) is 26.8. The molecule has 208 valence electrons. The Labute approximate surface area is 238 Å². The highest BCUT2D eigenvalue weighted by atomic mass is 35.5. The van der Waals surface area contributed by atoms with E-state index >= 15 is 4.39 Å². The summed E-state index contributed by atoms with van der Waals surface area (Å²) in [7, 11) is 0. The molecule has 0 radical (unpaired) electrons. The topological polar surface area (TPSA) is 99.4 Å². The molecule has 1 N–H and O–H groups in total. The van der Waals surface area contributed by atoms with E-state index < -0.39 is 17.6 Å². The van der Waals surface area contributed by atoms with Crippen LogP contribution in [0, 0.1) is 11.6 Å². The van der Waals surface area contributed by atoms with Gasteiger partial charge in [-0.2, -0.15) is 0 Å². The Bertz CT molecular complexity index is 1770. The molecule has 41 heavy (non-hydrogen) atoms. The summed E-state index contributed by atoms with van der Waals surface area (Å²) in [5, 5.41) is 9.69. The first-order valence-electron chi connectivity index (χ1n) is 12.9. The number of hydrogen-bond donors (Lipinski definition) is 1. The van der Waals surface area contributed by atoms with Crippen LogP contribution in [0.25, 0.3) is 22.4 Å². The maximum atomic E-state index is 15.4. The number of pyridine rings is 2. The van der Waals surface area contributed by atoms with Gasteiger partial charge in [-0.3, -0.25) is 0 Å². The number of carboxylic acids is 1. The molecule has 0 saturated carbocycles. The number of aromatic nitrogens is 4. The Hall–Kier alpha value is -4.41. The van der Waals surface area contributed by atoms with E-state index in [-0.39, 0.29) is 30.7 Å². The van der Waals surface area contributed by atoms with Crippen LogP contribution in [0.5, 0.6) is 5.88 Å². The molecule has 3 aromatic heterocycles. The third-order valence-electron chi connectivity index (χ3n) is 6.88. The maximum absolute atomic E-state index is 15.4. The van der Waals surface area contributed by atoms with Crippen LogP contribution in [0.1, 0.15) is 33.9 Å². The molecule has 1 atom stereocenters. The van der Waals surface area contributed by atoms with Crippen LogP contribution < -0.4 is 4.74 Å². The number of carbonyl (C=O) groups is 1. The summed E-state index contributed by atoms with van der Waals surface area (Å²) in [4.78, 5) is 24.8. The summed E-state index contributed by atoms with van der Waals surface area (Å²) in [6, 6.07) is 17.3. The van der Waals surface area contributed by atoms with Crippen LogP contribution in [0.15, 0.2) is 66.7 Å². The average molecular weight is 577 g/mol. The summed E-state index contributed by atoms with van der Waals surface area (Å²) in [6.45, 7) is 1.07. The summed E-state index contributed by atoms with van der Waals surface area (Å²) in [6.07, 6.45) is 0.997. The molecule has 1 saturated heterocycles. The van der Waals surface area contributed by atoms with Crippen molar-refractivity contribution in [2.45, 2.75) is 32.1 Å². The fraction of sp³-hybridized carbons (Fsp3) is 0.200. The van der Waals surface area contributed by atoms with Gasteiger partial charge in [0.15, 0.2) is 11.3 Å². The molecule has 4 heterocycles. The zero-order chi connectivity index (χ0) is 28.5. The van der Waals surface area contributed by atoms with Gasteiger partial charge in [-0.15, -0.1) is 0 Å². The van der Waals surface area contributed by atoms with Gasteiger partial charge < -0.3 is 19.1 Å². The van der Waals surface area contributed by atoms with Crippen LogP contribution in [-0.2, 0) is 24.3 Å². The van der Waals surface area contributed by atoms with Crippen molar-refractivity contribution in [3.8, 4) is 17.1 Å². The van der Waals surface area contributed by atoms with Crippen molar-refractivity contribution in [1.29, 1.82) is 0 Å². The van der Waals surface area contributed by atoms with Gasteiger partial charge in [-0.05, 0) is 48.4 Å². The lowest BCUT2D eigenvalue weighted by atomic mass is 10.1. The first-order valence-corrected chi connectivity index (χ1v) is 13.3. The molecule has 0 unspecified atom stereocenters. The highest BCUT2D eigenvalue weighted by Gasteiger charge is 2.24. The number of ether oxygens (including phenoxy) is 2. The number of aromatic carboxylic acids is 1. The van der Waals surface area contributed by atoms with Gasteiger partial charge in [0.1, 0.15) is 29.6 Å². The van der Waals surface area contributed by atoms with Crippen LogP contribution in [0.2, 0.25) is 5.02 Å². The second-order valence-electron chi connectivity index (χ2n) is 9.63. The summed E-state index contributed by atoms with van der Waals surface area (Å²) in [5.41, 5.74) is 2.63. The molecule has 0 aliphatic carbocycles. The van der Waals surface area contributed by atoms with E-state index in [9.17, 15) is 14.3 Å². The standard InChI is InChI=1S/C30H23ClF2N4O4/c31-20-7-6-19(23(33)14-20)16-41-28-3-1-2-24(35-28)18-5-4-17(22(32)12-18)13-27-34-25-8-9-26(30(38)39)36-29(25)37(27)15-21-10-11-40-21/h1-9,12,14,21H,10-11,13,15-16H2,(H,38,39)/t21-/m0/s1. The predicted molar refractivity (Wildman–Crippen MR) is 147 cm³/mol. The van der Waals surface area contributed by atoms with Crippen molar-refractivity contribution in [3.05, 3.63) is 106 Å². The molecule has 0 amide bonds. The summed E-state index contributed by atoms with van der Waals surface area (Å²) >= 11 is 5.81. The number of nitrogens with zero attached hydrogens (tertiary/aromatic N) is 4. The summed E-state index contributed by atoms with van der Waals surface area (Å²) in [5.74, 6) is -1.24. The molecule has 0 spiro atoms. The minimum absolute atomic E-state index is 0.0367. The molecule has 1 aliphatic heterocycles. The van der Waals surface area contributed by atoms with Crippen LogP contribution in [-0.4, -0.2) is 43.3 Å². The zero-order valence-electron chi connectivity index (χ0n) is 21.6. The fourth-order valence-corrected chi connectivity index (χ4v) is 4.75. The quantitative estimate of drug-likeness (QED) is 0.227. The number of hydrogen-bond acceptors (Lipinski definition) is 6. The molecule has 5 aromatic rings. The van der Waals surface area contributed by atoms with E-state index in [2.05, 4.69) is 15.0 Å². The third kappa shape index (κ3) is 5.75. The van der Waals surface area contributed by atoms with E-state index in [1.807, 2.05) is 4.57 Å². The minimum atomic E-state index is -1.14. The lowest BCUT2D eigenvalue weighted by molar-refractivity contribution is -0.0590. The Morgan fingerprint density at radius 3 is 2.56 bits per heavy atom. The normalized spacial score (nSPS) is 14.7. The molecule has 11 heteroatoms. The second-order valence-corrected chi connectivity index (χ2v) is 10.1. The SMILES string of the molecule is O=C(O)c1ccc2nc(Cc3ccc(-c4cccc(OCc5ccc(Cl)cc5F)n4)cc3F)n(C[C@@H]3CCO3)c2n1. The van der Waals surface area contributed by atoms with E-state index in [4.69, 9.17) is 21.1 Å². The fourth-order valence-electron chi connectivity index (χ4n) is 4.59. The highest BCUT2D eigenvalue weighted by Crippen LogP contribution is 2.26. The minimum Gasteiger partial charge on any atom is -0.477 e. The number of benzene rings is 2. The Morgan fingerprint density at radius 2 is 1.83 bits per heavy atom. The van der Waals surface area contributed by atoms with Gasteiger partial charge in [0.05, 0.1) is 18.3 Å². The molecule has 6 rings (SSSR count). The first-order chi connectivity index (χ1) is 19.8. The largest absolute Gasteiger partial charge is 0.477 e. The monoisotopic (exact) mass is 576 g/mol. The smallest absolute Gasteiger partial charge is 0.354 e. The second kappa shape index (κ2) is 11.2. The molecule has 8 nitrogen and oxygen atoms in total. The highest BCUT2D eigenvalue weighted by molar-refractivity contribution is 6.30. The van der Waals surface area contributed by atoms with Crippen LogP contribution >= 0.6 is 11.6 Å². The maximum Gasteiger partial charge on any atom is 0.354 e. The number of rotatable bonds is 9. The molecular formula is C30H23ClF2N4O4. The average Bonchev–Trinajstić information content (AvgIpc) is 3.27. The van der Waals surface area contributed by atoms with Crippen molar-refractivity contribution in [2.24, 2.45) is 0 Å². The van der Waals surface area contributed by atoms with Crippen LogP contribution in [0.4, 0.5) is 8.78 Å². The predicted octanol–water partition coefficient (Wildman–Crippen LogP) is 6.08. The Morgan fingerprint density at radius 1 is 1.02 bits per heavy atom. The van der Waals surface area contributed by atoms with Gasteiger partial charge in [0, 0.05) is 35.2 Å². The van der Waals surface area contributed by atoms with Crippen molar-refractivity contribution in [3.63, 3.8) is 0 Å². The Balaban J connectivity index is 1.24. The van der Waals surface area contributed by atoms with Gasteiger partial charge in [0.2, 0.25) is 5.88 Å². The van der Waals surface area contributed by atoms with E-state index in [0.717, 1.165) is 6.42 Å². The van der Waals surface area contributed by atoms with Crippen molar-refractivity contribution < 1.29 is 28.2 Å². The number of carboxylic acid groups (broad SMARTS) is 1.